The number of nitrogens with zero attached hydrogens (tertiary/aromatic N) is 1. The fourth-order valence-corrected chi connectivity index (χ4v) is 6.26. The van der Waals surface area contributed by atoms with Crippen LogP contribution < -0.4 is 4.90 Å². The summed E-state index contributed by atoms with van der Waals surface area (Å²) in [5, 5.41) is 0. The van der Waals surface area contributed by atoms with Crippen molar-refractivity contribution in [3.8, 4) is 0 Å². The van der Waals surface area contributed by atoms with Crippen molar-refractivity contribution in [2.24, 2.45) is 5.41 Å². The summed E-state index contributed by atoms with van der Waals surface area (Å²) in [5.41, 5.74) is -0.468. The number of hydrogen-bond acceptors (Lipinski definition) is 5. The smallest absolute Gasteiger partial charge is 0.416 e. The number of alkyl halides is 3. The molecule has 1 saturated heterocycles. The molecule has 0 radical (unpaired) electrons. The quantitative estimate of drug-likeness (QED) is 0.350. The molecule has 186 valence electrons. The summed E-state index contributed by atoms with van der Waals surface area (Å²) < 4.78 is 45.3. The topological polar surface area (TPSA) is 63.7 Å². The second kappa shape index (κ2) is 7.90. The highest BCUT2D eigenvalue weighted by Crippen LogP contribution is 2.60. The van der Waals surface area contributed by atoms with Crippen LogP contribution in [0.1, 0.15) is 43.3 Å². The number of hydrogen-bond donors (Lipinski definition) is 0. The predicted molar refractivity (Wildman–Crippen MR) is 129 cm³/mol. The number of methoxy groups -OCH3 is 1. The molecular formula is C29H20F3NO4. The normalized spacial score (nSPS) is 23.1. The first-order chi connectivity index (χ1) is 17.7. The summed E-state index contributed by atoms with van der Waals surface area (Å²) in [6.45, 7) is 0. The molecule has 0 aromatic heterocycles. The lowest BCUT2D eigenvalue weighted by atomic mass is 9.64. The third-order valence-electron chi connectivity index (χ3n) is 7.75. The minimum atomic E-state index is -4.57. The van der Waals surface area contributed by atoms with E-state index < -0.39 is 52.7 Å². The first-order valence-corrected chi connectivity index (χ1v) is 11.7. The number of anilines is 1. The van der Waals surface area contributed by atoms with Gasteiger partial charge in [0, 0.05) is 22.7 Å². The Labute approximate surface area is 210 Å². The number of ether oxygens (including phenoxy) is 1. The molecule has 2 aliphatic heterocycles. The van der Waals surface area contributed by atoms with E-state index in [1.54, 1.807) is 47.4 Å². The fourth-order valence-electron chi connectivity index (χ4n) is 6.26. The molecule has 1 fully saturated rings. The van der Waals surface area contributed by atoms with Gasteiger partial charge < -0.3 is 9.64 Å². The van der Waals surface area contributed by atoms with Gasteiger partial charge in [0.1, 0.15) is 11.5 Å². The summed E-state index contributed by atoms with van der Waals surface area (Å²) in [5.74, 6) is -2.70. The Bertz CT molecular complexity index is 1460. The highest BCUT2D eigenvalue weighted by molar-refractivity contribution is 6.32. The SMILES string of the molecule is COC(=O)[C@@H]1[C@@H](c2ccc(C(F)(F)F)cc2)C2(C(=O)c3ccccc3C2=O)[C@H]2C=Cc3ccccc3N12. The van der Waals surface area contributed by atoms with Gasteiger partial charge in [-0.2, -0.15) is 13.2 Å². The number of fused-ring (bicyclic) bond motifs is 5. The Hall–Kier alpha value is -4.20. The van der Waals surface area contributed by atoms with Gasteiger partial charge in [0.2, 0.25) is 0 Å². The number of carbonyl (C=O) groups excluding carboxylic acids is 3. The van der Waals surface area contributed by atoms with Crippen molar-refractivity contribution in [1.82, 2.24) is 0 Å². The molecule has 0 saturated carbocycles. The van der Waals surface area contributed by atoms with E-state index in [0.29, 0.717) is 5.69 Å². The molecule has 1 aliphatic carbocycles. The molecule has 0 amide bonds. The lowest BCUT2D eigenvalue weighted by Crippen LogP contribution is -2.48. The second-order valence-electron chi connectivity index (χ2n) is 9.41. The summed E-state index contributed by atoms with van der Waals surface area (Å²) in [4.78, 5) is 43.7. The third-order valence-corrected chi connectivity index (χ3v) is 7.75. The lowest BCUT2D eigenvalue weighted by Gasteiger charge is -2.36. The summed E-state index contributed by atoms with van der Waals surface area (Å²) in [7, 11) is 1.21. The van der Waals surface area contributed by atoms with Gasteiger partial charge in [-0.1, -0.05) is 66.7 Å². The Morgan fingerprint density at radius 3 is 2.08 bits per heavy atom. The van der Waals surface area contributed by atoms with Crippen molar-refractivity contribution in [3.63, 3.8) is 0 Å². The maximum absolute atomic E-state index is 14.3. The van der Waals surface area contributed by atoms with E-state index in [1.165, 1.54) is 19.2 Å². The van der Waals surface area contributed by atoms with Crippen molar-refractivity contribution >= 4 is 29.3 Å². The molecule has 3 atom stereocenters. The minimum absolute atomic E-state index is 0.238. The van der Waals surface area contributed by atoms with Gasteiger partial charge in [0.25, 0.3) is 0 Å². The second-order valence-corrected chi connectivity index (χ2v) is 9.41. The zero-order chi connectivity index (χ0) is 26.1. The standard InChI is InChI=1S/C29H20F3NO4/c1-37-27(36)24-23(17-10-13-18(14-11-17)29(30,31)32)28(25(34)19-7-3-4-8-20(19)26(28)35)22-15-12-16-6-2-5-9-21(16)33(22)24/h2-15,22-24H,1H3/t22-,23-,24+/m1/s1. The number of para-hydroxylation sites is 1. The van der Waals surface area contributed by atoms with E-state index >= 15 is 0 Å². The van der Waals surface area contributed by atoms with E-state index in [4.69, 9.17) is 4.74 Å². The van der Waals surface area contributed by atoms with Crippen LogP contribution in [0.15, 0.2) is 78.9 Å². The number of Topliss-reactive ketones (excluding diaryl/α,β-unsaturated/α-hetero) is 2. The molecule has 37 heavy (non-hydrogen) atoms. The minimum Gasteiger partial charge on any atom is -0.467 e. The summed E-state index contributed by atoms with van der Waals surface area (Å²) in [6.07, 6.45) is -1.02. The Kier molecular flexibility index (Phi) is 4.96. The fraction of sp³-hybridized carbons (Fsp3) is 0.207. The van der Waals surface area contributed by atoms with Crippen LogP contribution in [0.4, 0.5) is 18.9 Å². The largest absolute Gasteiger partial charge is 0.467 e. The molecule has 1 spiro atoms. The van der Waals surface area contributed by atoms with E-state index in [-0.39, 0.29) is 16.7 Å². The van der Waals surface area contributed by atoms with E-state index in [1.807, 2.05) is 18.2 Å². The average molecular weight is 503 g/mol. The summed E-state index contributed by atoms with van der Waals surface area (Å²) >= 11 is 0. The van der Waals surface area contributed by atoms with Gasteiger partial charge >= 0.3 is 12.1 Å². The van der Waals surface area contributed by atoms with Gasteiger partial charge in [-0.3, -0.25) is 9.59 Å². The van der Waals surface area contributed by atoms with Crippen LogP contribution in [-0.4, -0.2) is 36.7 Å². The Morgan fingerprint density at radius 1 is 0.892 bits per heavy atom. The molecule has 0 bridgehead atoms. The molecular weight excluding hydrogens is 483 g/mol. The highest BCUT2D eigenvalue weighted by atomic mass is 19.4. The number of esters is 1. The van der Waals surface area contributed by atoms with Gasteiger partial charge in [0.15, 0.2) is 11.6 Å². The van der Waals surface area contributed by atoms with Crippen LogP contribution in [0, 0.1) is 5.41 Å². The molecule has 0 unspecified atom stereocenters. The van der Waals surface area contributed by atoms with Gasteiger partial charge in [0.05, 0.1) is 18.7 Å². The number of halogens is 3. The van der Waals surface area contributed by atoms with Crippen LogP contribution in [0.5, 0.6) is 0 Å². The van der Waals surface area contributed by atoms with Crippen LogP contribution in [-0.2, 0) is 15.7 Å². The number of rotatable bonds is 2. The zero-order valence-electron chi connectivity index (χ0n) is 19.5. The van der Waals surface area contributed by atoms with Crippen molar-refractivity contribution < 1.29 is 32.3 Å². The summed E-state index contributed by atoms with van der Waals surface area (Å²) in [6, 6.07) is 16.1. The molecule has 5 nitrogen and oxygen atoms in total. The first-order valence-electron chi connectivity index (χ1n) is 11.7. The molecule has 3 aromatic rings. The van der Waals surface area contributed by atoms with Crippen molar-refractivity contribution in [2.75, 3.05) is 12.0 Å². The van der Waals surface area contributed by atoms with E-state index in [2.05, 4.69) is 0 Å². The van der Waals surface area contributed by atoms with Gasteiger partial charge in [-0.15, -0.1) is 0 Å². The molecule has 6 rings (SSSR count). The van der Waals surface area contributed by atoms with Crippen LogP contribution in [0.3, 0.4) is 0 Å². The monoisotopic (exact) mass is 503 g/mol. The predicted octanol–water partition coefficient (Wildman–Crippen LogP) is 5.31. The maximum Gasteiger partial charge on any atom is 0.416 e. The van der Waals surface area contributed by atoms with Crippen LogP contribution in [0.2, 0.25) is 0 Å². The van der Waals surface area contributed by atoms with Gasteiger partial charge in [-0.25, -0.2) is 4.79 Å². The number of ketones is 2. The molecule has 8 heteroatoms. The van der Waals surface area contributed by atoms with Crippen LogP contribution >= 0.6 is 0 Å². The van der Waals surface area contributed by atoms with E-state index in [0.717, 1.165) is 17.7 Å². The van der Waals surface area contributed by atoms with E-state index in [9.17, 15) is 27.6 Å². The van der Waals surface area contributed by atoms with Crippen LogP contribution in [0.25, 0.3) is 6.08 Å². The first kappa shape index (κ1) is 23.2. The Balaban J connectivity index is 1.65. The number of benzene rings is 3. The molecule has 3 aliphatic rings. The van der Waals surface area contributed by atoms with Gasteiger partial charge in [-0.05, 0) is 29.3 Å². The van der Waals surface area contributed by atoms with Crippen molar-refractivity contribution in [3.05, 3.63) is 107 Å². The third kappa shape index (κ3) is 3.01. The molecule has 0 N–H and O–H groups in total. The molecule has 3 aromatic carbocycles. The highest BCUT2D eigenvalue weighted by Gasteiger charge is 2.72. The average Bonchev–Trinajstić information content (AvgIpc) is 3.34. The lowest BCUT2D eigenvalue weighted by molar-refractivity contribution is -0.142. The number of carbonyl (C=O) groups is 3. The van der Waals surface area contributed by atoms with Crippen molar-refractivity contribution in [2.45, 2.75) is 24.2 Å². The van der Waals surface area contributed by atoms with Crippen molar-refractivity contribution in [1.29, 1.82) is 0 Å². The maximum atomic E-state index is 14.3. The Morgan fingerprint density at radius 2 is 1.49 bits per heavy atom. The molecule has 2 heterocycles. The zero-order valence-corrected chi connectivity index (χ0v) is 19.5.